The Morgan fingerprint density at radius 3 is 2.48 bits per heavy atom. The van der Waals surface area contributed by atoms with Gasteiger partial charge < -0.3 is 20.1 Å². The molecule has 4 heteroatoms. The number of aryl methyl sites for hydroxylation is 1. The van der Waals surface area contributed by atoms with Gasteiger partial charge in [0, 0.05) is 23.5 Å². The van der Waals surface area contributed by atoms with Crippen molar-refractivity contribution in [2.45, 2.75) is 18.8 Å². The van der Waals surface area contributed by atoms with Gasteiger partial charge in [-0.3, -0.25) is 0 Å². The fourth-order valence-electron chi connectivity index (χ4n) is 3.11. The summed E-state index contributed by atoms with van der Waals surface area (Å²) in [5.74, 6) is 0.968. The lowest BCUT2D eigenvalue weighted by atomic mass is 9.78. The van der Waals surface area contributed by atoms with Gasteiger partial charge in [0.05, 0.1) is 13.2 Å². The monoisotopic (exact) mass is 286 g/mol. The molecular formula is C17H18O4. The second-order valence-corrected chi connectivity index (χ2v) is 5.47. The van der Waals surface area contributed by atoms with Gasteiger partial charge in [0.2, 0.25) is 0 Å². The number of rotatable bonds is 2. The molecule has 2 aromatic carbocycles. The van der Waals surface area contributed by atoms with Crippen molar-refractivity contribution in [1.29, 1.82) is 0 Å². The number of hydrogen-bond donors (Lipinski definition) is 3. The molecule has 1 aliphatic heterocycles. The standard InChI is InChI=1S/C17H18O4/c1-10-6-13(20)7-16-17(10)14(8-18)15(9-21-16)11-2-4-12(19)5-3-11/h2-7,14-15,18-20H,8-9H2,1H3. The first-order valence-electron chi connectivity index (χ1n) is 6.96. The summed E-state index contributed by atoms with van der Waals surface area (Å²) in [5, 5.41) is 28.9. The van der Waals surface area contributed by atoms with Gasteiger partial charge in [0.1, 0.15) is 17.2 Å². The Labute approximate surface area is 123 Å². The Morgan fingerprint density at radius 1 is 1.10 bits per heavy atom. The van der Waals surface area contributed by atoms with Crippen LogP contribution in [0.15, 0.2) is 36.4 Å². The maximum atomic E-state index is 9.85. The van der Waals surface area contributed by atoms with E-state index in [9.17, 15) is 15.3 Å². The molecule has 0 bridgehead atoms. The molecule has 4 nitrogen and oxygen atoms in total. The fraction of sp³-hybridized carbons (Fsp3) is 0.294. The number of aliphatic hydroxyl groups is 1. The van der Waals surface area contributed by atoms with E-state index in [0.29, 0.717) is 12.4 Å². The number of benzene rings is 2. The summed E-state index contributed by atoms with van der Waals surface area (Å²) in [6.07, 6.45) is 0. The predicted molar refractivity (Wildman–Crippen MR) is 79.0 cm³/mol. The van der Waals surface area contributed by atoms with Crippen molar-refractivity contribution in [3.63, 3.8) is 0 Å². The second-order valence-electron chi connectivity index (χ2n) is 5.47. The number of hydrogen-bond acceptors (Lipinski definition) is 4. The molecular weight excluding hydrogens is 268 g/mol. The molecule has 0 aliphatic carbocycles. The summed E-state index contributed by atoms with van der Waals surface area (Å²) in [6.45, 7) is 2.35. The summed E-state index contributed by atoms with van der Waals surface area (Å²) in [4.78, 5) is 0. The highest BCUT2D eigenvalue weighted by Gasteiger charge is 2.33. The molecule has 2 atom stereocenters. The average molecular weight is 286 g/mol. The van der Waals surface area contributed by atoms with Crippen LogP contribution in [0.3, 0.4) is 0 Å². The number of phenolic OH excluding ortho intramolecular Hbond substituents is 2. The van der Waals surface area contributed by atoms with Gasteiger partial charge >= 0.3 is 0 Å². The molecule has 21 heavy (non-hydrogen) atoms. The van der Waals surface area contributed by atoms with Crippen molar-refractivity contribution in [3.05, 3.63) is 53.1 Å². The van der Waals surface area contributed by atoms with E-state index in [-0.39, 0.29) is 29.9 Å². The van der Waals surface area contributed by atoms with Crippen molar-refractivity contribution in [3.8, 4) is 17.2 Å². The van der Waals surface area contributed by atoms with Crippen molar-refractivity contribution in [1.82, 2.24) is 0 Å². The lowest BCUT2D eigenvalue weighted by molar-refractivity contribution is 0.181. The van der Waals surface area contributed by atoms with Gasteiger partial charge in [-0.25, -0.2) is 0 Å². The van der Waals surface area contributed by atoms with E-state index < -0.39 is 0 Å². The number of phenols is 2. The molecule has 1 aliphatic rings. The average Bonchev–Trinajstić information content (AvgIpc) is 2.46. The number of aromatic hydroxyl groups is 2. The molecule has 2 unspecified atom stereocenters. The number of fused-ring (bicyclic) bond motifs is 1. The first kappa shape index (κ1) is 13.8. The van der Waals surface area contributed by atoms with Crippen LogP contribution in [0.5, 0.6) is 17.2 Å². The van der Waals surface area contributed by atoms with Gasteiger partial charge in [-0.2, -0.15) is 0 Å². The molecule has 0 radical (unpaired) electrons. The highest BCUT2D eigenvalue weighted by Crippen LogP contribution is 2.45. The highest BCUT2D eigenvalue weighted by atomic mass is 16.5. The largest absolute Gasteiger partial charge is 0.508 e. The topological polar surface area (TPSA) is 69.9 Å². The van der Waals surface area contributed by atoms with Crippen LogP contribution in [0.1, 0.15) is 28.5 Å². The molecule has 0 saturated carbocycles. The van der Waals surface area contributed by atoms with Crippen molar-refractivity contribution in [2.24, 2.45) is 0 Å². The van der Waals surface area contributed by atoms with E-state index in [1.165, 1.54) is 0 Å². The number of aliphatic hydroxyl groups excluding tert-OH is 1. The summed E-state index contributed by atoms with van der Waals surface area (Å²) in [5.41, 5.74) is 2.87. The quantitative estimate of drug-likeness (QED) is 0.794. The Bertz CT molecular complexity index is 649. The zero-order valence-electron chi connectivity index (χ0n) is 11.8. The first-order chi connectivity index (χ1) is 10.1. The maximum absolute atomic E-state index is 9.85. The van der Waals surface area contributed by atoms with Crippen molar-refractivity contribution in [2.75, 3.05) is 13.2 Å². The maximum Gasteiger partial charge on any atom is 0.126 e. The molecule has 3 rings (SSSR count). The molecule has 1 heterocycles. The molecule has 110 valence electrons. The van der Waals surface area contributed by atoms with E-state index in [1.54, 1.807) is 24.3 Å². The third-order valence-corrected chi connectivity index (χ3v) is 4.13. The molecule has 0 amide bonds. The van der Waals surface area contributed by atoms with Crippen LogP contribution in [0.2, 0.25) is 0 Å². The molecule has 0 spiro atoms. The smallest absolute Gasteiger partial charge is 0.126 e. The minimum atomic E-state index is -0.0844. The summed E-state index contributed by atoms with van der Waals surface area (Å²) >= 11 is 0. The van der Waals surface area contributed by atoms with E-state index in [0.717, 1.165) is 16.7 Å². The van der Waals surface area contributed by atoms with Gasteiger partial charge in [-0.05, 0) is 36.2 Å². The zero-order valence-corrected chi connectivity index (χ0v) is 11.8. The van der Waals surface area contributed by atoms with Gasteiger partial charge in [0.25, 0.3) is 0 Å². The van der Waals surface area contributed by atoms with E-state index in [2.05, 4.69) is 0 Å². The highest BCUT2D eigenvalue weighted by molar-refractivity contribution is 5.50. The van der Waals surface area contributed by atoms with Crippen molar-refractivity contribution < 1.29 is 20.1 Å². The van der Waals surface area contributed by atoms with E-state index in [1.807, 2.05) is 19.1 Å². The Morgan fingerprint density at radius 2 is 1.81 bits per heavy atom. The predicted octanol–water partition coefficient (Wildman–Crippen LogP) is 2.66. The Hall–Kier alpha value is -2.20. The summed E-state index contributed by atoms with van der Waals surface area (Å²) in [7, 11) is 0. The SMILES string of the molecule is Cc1cc(O)cc2c1C(CO)C(c1ccc(O)cc1)CO2. The minimum absolute atomic E-state index is 0.00746. The van der Waals surface area contributed by atoms with Gasteiger partial charge in [-0.15, -0.1) is 0 Å². The molecule has 0 aromatic heterocycles. The van der Waals surface area contributed by atoms with E-state index in [4.69, 9.17) is 4.74 Å². The van der Waals surface area contributed by atoms with Crippen LogP contribution < -0.4 is 4.74 Å². The fourth-order valence-corrected chi connectivity index (χ4v) is 3.11. The molecule has 0 saturated heterocycles. The van der Waals surface area contributed by atoms with Crippen LogP contribution >= 0.6 is 0 Å². The second kappa shape index (κ2) is 5.30. The number of ether oxygens (including phenoxy) is 1. The molecule has 2 aromatic rings. The van der Waals surface area contributed by atoms with Crippen LogP contribution in [0.4, 0.5) is 0 Å². The minimum Gasteiger partial charge on any atom is -0.508 e. The van der Waals surface area contributed by atoms with Crippen LogP contribution in [-0.2, 0) is 0 Å². The molecule has 3 N–H and O–H groups in total. The van der Waals surface area contributed by atoms with Crippen molar-refractivity contribution >= 4 is 0 Å². The Kier molecular flexibility index (Phi) is 3.47. The third-order valence-electron chi connectivity index (χ3n) is 4.13. The summed E-state index contributed by atoms with van der Waals surface area (Å²) in [6, 6.07) is 10.3. The van der Waals surface area contributed by atoms with Gasteiger partial charge in [0.15, 0.2) is 0 Å². The first-order valence-corrected chi connectivity index (χ1v) is 6.96. The van der Waals surface area contributed by atoms with Crippen LogP contribution in [-0.4, -0.2) is 28.5 Å². The normalized spacial score (nSPS) is 20.7. The van der Waals surface area contributed by atoms with Crippen LogP contribution in [0.25, 0.3) is 0 Å². The van der Waals surface area contributed by atoms with Gasteiger partial charge in [-0.1, -0.05) is 12.1 Å². The van der Waals surface area contributed by atoms with E-state index >= 15 is 0 Å². The lowest BCUT2D eigenvalue weighted by Gasteiger charge is -2.34. The zero-order chi connectivity index (χ0) is 15.0. The summed E-state index contributed by atoms with van der Waals surface area (Å²) < 4.78 is 5.78. The van der Waals surface area contributed by atoms with Crippen LogP contribution in [0, 0.1) is 6.92 Å². The Balaban J connectivity index is 2.04. The molecule has 0 fully saturated rings. The lowest BCUT2D eigenvalue weighted by Crippen LogP contribution is -2.27. The third kappa shape index (κ3) is 2.43.